The molecular weight excluding hydrogens is 258 g/mol. The minimum atomic E-state index is -1.32. The lowest BCUT2D eigenvalue weighted by molar-refractivity contribution is 0.0690. The van der Waals surface area contributed by atoms with Crippen LogP contribution in [0.3, 0.4) is 0 Å². The Labute approximate surface area is 109 Å². The number of halogens is 1. The number of nitrogens with zero attached hydrogens (tertiary/aromatic N) is 1. The van der Waals surface area contributed by atoms with Gasteiger partial charge in [0.25, 0.3) is 5.91 Å². The van der Waals surface area contributed by atoms with Crippen LogP contribution in [0.4, 0.5) is 5.69 Å². The standard InChI is InChI=1S/C11H14ClN3O3/c1-11(2,3)15-9(16)8-7(10(17)18)5(13)4-6(12)14-8/h4H,1-3H3,(H2,13,14)(H,15,16)(H,17,18). The zero-order valence-electron chi connectivity index (χ0n) is 10.2. The Morgan fingerprint density at radius 1 is 1.44 bits per heavy atom. The number of pyridine rings is 1. The lowest BCUT2D eigenvalue weighted by Gasteiger charge is -2.21. The summed E-state index contributed by atoms with van der Waals surface area (Å²) in [5.74, 6) is -1.95. The van der Waals surface area contributed by atoms with E-state index in [0.717, 1.165) is 0 Å². The van der Waals surface area contributed by atoms with Gasteiger partial charge in [-0.15, -0.1) is 0 Å². The molecule has 0 radical (unpaired) electrons. The van der Waals surface area contributed by atoms with Gasteiger partial charge in [-0.2, -0.15) is 0 Å². The van der Waals surface area contributed by atoms with Crippen LogP contribution < -0.4 is 11.1 Å². The molecule has 0 saturated heterocycles. The van der Waals surface area contributed by atoms with Crippen LogP contribution in [0.25, 0.3) is 0 Å². The Bertz CT molecular complexity index is 509. The maximum atomic E-state index is 11.9. The lowest BCUT2D eigenvalue weighted by atomic mass is 10.1. The fourth-order valence-corrected chi connectivity index (χ4v) is 1.52. The average Bonchev–Trinajstić information content (AvgIpc) is 2.12. The average molecular weight is 272 g/mol. The highest BCUT2D eigenvalue weighted by Crippen LogP contribution is 2.20. The number of carbonyl (C=O) groups excluding carboxylic acids is 1. The highest BCUT2D eigenvalue weighted by molar-refractivity contribution is 6.30. The number of aromatic nitrogens is 1. The second-order valence-electron chi connectivity index (χ2n) is 4.77. The summed E-state index contributed by atoms with van der Waals surface area (Å²) in [6, 6.07) is 1.19. The second-order valence-corrected chi connectivity index (χ2v) is 5.15. The minimum absolute atomic E-state index is 0.0310. The van der Waals surface area contributed by atoms with Crippen molar-refractivity contribution < 1.29 is 14.7 Å². The molecule has 0 saturated carbocycles. The number of carbonyl (C=O) groups is 2. The highest BCUT2D eigenvalue weighted by atomic mass is 35.5. The first-order valence-electron chi connectivity index (χ1n) is 5.13. The summed E-state index contributed by atoms with van der Waals surface area (Å²) in [7, 11) is 0. The van der Waals surface area contributed by atoms with E-state index >= 15 is 0 Å². The van der Waals surface area contributed by atoms with Crippen LogP contribution in [0.1, 0.15) is 41.6 Å². The second kappa shape index (κ2) is 4.81. The van der Waals surface area contributed by atoms with Crippen LogP contribution in [0, 0.1) is 0 Å². The zero-order valence-corrected chi connectivity index (χ0v) is 11.0. The SMILES string of the molecule is CC(C)(C)NC(=O)c1nc(Cl)cc(N)c1C(=O)O. The number of hydrogen-bond donors (Lipinski definition) is 3. The van der Waals surface area contributed by atoms with Crippen molar-refractivity contribution in [3.05, 3.63) is 22.5 Å². The summed E-state index contributed by atoms with van der Waals surface area (Å²) in [5, 5.41) is 11.6. The third-order valence-electron chi connectivity index (χ3n) is 1.94. The maximum absolute atomic E-state index is 11.9. The van der Waals surface area contributed by atoms with Gasteiger partial charge in [-0.1, -0.05) is 11.6 Å². The molecule has 4 N–H and O–H groups in total. The van der Waals surface area contributed by atoms with E-state index in [4.69, 9.17) is 22.4 Å². The van der Waals surface area contributed by atoms with Crippen LogP contribution in [0.2, 0.25) is 5.15 Å². The molecule has 1 heterocycles. The molecule has 0 bridgehead atoms. The van der Waals surface area contributed by atoms with Crippen LogP contribution in [-0.2, 0) is 0 Å². The Hall–Kier alpha value is -1.82. The number of nitrogens with two attached hydrogens (primary N) is 1. The summed E-state index contributed by atoms with van der Waals surface area (Å²) in [6.45, 7) is 5.29. The Morgan fingerprint density at radius 2 is 2.00 bits per heavy atom. The number of carboxylic acids is 1. The molecule has 0 aromatic carbocycles. The van der Waals surface area contributed by atoms with Crippen molar-refractivity contribution in [2.24, 2.45) is 0 Å². The first-order chi connectivity index (χ1) is 8.11. The van der Waals surface area contributed by atoms with Gasteiger partial charge in [-0.3, -0.25) is 4.79 Å². The van der Waals surface area contributed by atoms with Gasteiger partial charge in [0, 0.05) is 5.54 Å². The van der Waals surface area contributed by atoms with Gasteiger partial charge in [0.05, 0.1) is 5.69 Å². The van der Waals surface area contributed by atoms with E-state index in [1.807, 2.05) is 0 Å². The van der Waals surface area contributed by atoms with Gasteiger partial charge >= 0.3 is 5.97 Å². The molecule has 6 nitrogen and oxygen atoms in total. The molecule has 0 unspecified atom stereocenters. The fraction of sp³-hybridized carbons (Fsp3) is 0.364. The number of rotatable bonds is 2. The van der Waals surface area contributed by atoms with Crippen LogP contribution >= 0.6 is 11.6 Å². The topological polar surface area (TPSA) is 105 Å². The Morgan fingerprint density at radius 3 is 2.44 bits per heavy atom. The normalized spacial score (nSPS) is 11.1. The largest absolute Gasteiger partial charge is 0.478 e. The molecule has 0 aliphatic heterocycles. The first kappa shape index (κ1) is 14.2. The van der Waals surface area contributed by atoms with E-state index in [1.54, 1.807) is 20.8 Å². The molecule has 1 aromatic rings. The van der Waals surface area contributed by atoms with E-state index in [0.29, 0.717) is 0 Å². The van der Waals surface area contributed by atoms with Gasteiger partial charge in [-0.05, 0) is 26.8 Å². The third-order valence-corrected chi connectivity index (χ3v) is 2.13. The van der Waals surface area contributed by atoms with Crippen molar-refractivity contribution >= 4 is 29.2 Å². The number of hydrogen-bond acceptors (Lipinski definition) is 4. The van der Waals surface area contributed by atoms with E-state index in [2.05, 4.69) is 10.3 Å². The fourth-order valence-electron chi connectivity index (χ4n) is 1.32. The maximum Gasteiger partial charge on any atom is 0.340 e. The van der Waals surface area contributed by atoms with Crippen molar-refractivity contribution in [1.82, 2.24) is 10.3 Å². The Balaban J connectivity index is 3.31. The summed E-state index contributed by atoms with van der Waals surface area (Å²) in [5.41, 5.74) is 4.29. The molecule has 0 fully saturated rings. The first-order valence-corrected chi connectivity index (χ1v) is 5.51. The van der Waals surface area contributed by atoms with Crippen LogP contribution in [0.5, 0.6) is 0 Å². The van der Waals surface area contributed by atoms with Crippen molar-refractivity contribution in [2.75, 3.05) is 5.73 Å². The molecule has 1 aromatic heterocycles. The highest BCUT2D eigenvalue weighted by Gasteiger charge is 2.25. The zero-order chi connectivity index (χ0) is 14.1. The summed E-state index contributed by atoms with van der Waals surface area (Å²) < 4.78 is 0. The summed E-state index contributed by atoms with van der Waals surface area (Å²) in [4.78, 5) is 26.8. The van der Waals surface area contributed by atoms with Gasteiger partial charge in [0.1, 0.15) is 16.4 Å². The summed E-state index contributed by atoms with van der Waals surface area (Å²) >= 11 is 5.68. The molecule has 18 heavy (non-hydrogen) atoms. The van der Waals surface area contributed by atoms with Crippen LogP contribution in [-0.4, -0.2) is 27.5 Å². The number of carboxylic acid groups (broad SMARTS) is 1. The molecule has 0 atom stereocenters. The molecule has 0 spiro atoms. The molecule has 1 amide bonds. The van der Waals surface area contributed by atoms with E-state index in [-0.39, 0.29) is 22.1 Å². The smallest absolute Gasteiger partial charge is 0.340 e. The molecular formula is C11H14ClN3O3. The van der Waals surface area contributed by atoms with Crippen LogP contribution in [0.15, 0.2) is 6.07 Å². The molecule has 7 heteroatoms. The minimum Gasteiger partial charge on any atom is -0.478 e. The van der Waals surface area contributed by atoms with Crippen molar-refractivity contribution in [2.45, 2.75) is 26.3 Å². The van der Waals surface area contributed by atoms with E-state index < -0.39 is 17.4 Å². The quantitative estimate of drug-likeness (QED) is 0.708. The predicted octanol–water partition coefficient (Wildman–Crippen LogP) is 1.54. The van der Waals surface area contributed by atoms with Gasteiger partial charge in [0.15, 0.2) is 0 Å². The molecule has 0 aliphatic carbocycles. The number of nitrogen functional groups attached to an aromatic ring is 1. The van der Waals surface area contributed by atoms with Crippen molar-refractivity contribution in [3.8, 4) is 0 Å². The lowest BCUT2D eigenvalue weighted by Crippen LogP contribution is -2.41. The summed E-state index contributed by atoms with van der Waals surface area (Å²) in [6.07, 6.45) is 0. The number of aromatic carboxylic acids is 1. The van der Waals surface area contributed by atoms with Gasteiger partial charge < -0.3 is 16.2 Å². The number of anilines is 1. The third kappa shape index (κ3) is 3.33. The van der Waals surface area contributed by atoms with Gasteiger partial charge in [-0.25, -0.2) is 9.78 Å². The molecule has 98 valence electrons. The molecule has 0 aliphatic rings. The van der Waals surface area contributed by atoms with Crippen molar-refractivity contribution in [3.63, 3.8) is 0 Å². The van der Waals surface area contributed by atoms with E-state index in [9.17, 15) is 9.59 Å². The Kier molecular flexibility index (Phi) is 3.81. The van der Waals surface area contributed by atoms with Crippen molar-refractivity contribution in [1.29, 1.82) is 0 Å². The van der Waals surface area contributed by atoms with E-state index in [1.165, 1.54) is 6.07 Å². The van der Waals surface area contributed by atoms with Gasteiger partial charge in [0.2, 0.25) is 0 Å². The predicted molar refractivity (Wildman–Crippen MR) is 67.8 cm³/mol. The number of nitrogens with one attached hydrogen (secondary N) is 1. The molecule has 1 rings (SSSR count). The number of amides is 1. The monoisotopic (exact) mass is 271 g/mol.